The monoisotopic (exact) mass is 945 g/mol. The fraction of sp³-hybridized carbons (Fsp3) is 0.847. The maximum Gasteiger partial charge on any atom is 0.362 e. The lowest BCUT2D eigenvalue weighted by Gasteiger charge is -2.31. The summed E-state index contributed by atoms with van der Waals surface area (Å²) >= 11 is 0. The summed E-state index contributed by atoms with van der Waals surface area (Å²) in [6.07, 6.45) is 60.6. The van der Waals surface area contributed by atoms with Crippen LogP contribution in [-0.4, -0.2) is 80.6 Å². The predicted octanol–water partition coefficient (Wildman–Crippen LogP) is 16.9. The smallest absolute Gasteiger partial charge is 0.362 e. The first-order valence-corrected chi connectivity index (χ1v) is 28.5. The zero-order valence-corrected chi connectivity index (χ0v) is 44.9. The summed E-state index contributed by atoms with van der Waals surface area (Å²) < 4.78 is 17.4. The molecule has 0 radical (unpaired) electrons. The molecule has 0 amide bonds. The Morgan fingerprint density at radius 1 is 0.448 bits per heavy atom. The molecule has 0 spiro atoms. The molecule has 1 N–H and O–H groups in total. The molecule has 8 nitrogen and oxygen atoms in total. The van der Waals surface area contributed by atoms with Crippen LogP contribution in [0.5, 0.6) is 0 Å². The summed E-state index contributed by atoms with van der Waals surface area (Å²) in [6, 6.07) is -0.617. The van der Waals surface area contributed by atoms with Gasteiger partial charge in [-0.15, -0.1) is 0 Å². The highest BCUT2D eigenvalue weighted by Gasteiger charge is 2.31. The van der Waals surface area contributed by atoms with E-state index >= 15 is 0 Å². The van der Waals surface area contributed by atoms with E-state index in [4.69, 9.17) is 14.2 Å². The molecule has 0 saturated heterocycles. The van der Waals surface area contributed by atoms with Crippen LogP contribution in [0.25, 0.3) is 0 Å². The predicted molar refractivity (Wildman–Crippen MR) is 285 cm³/mol. The molecule has 0 fully saturated rings. The molecule has 392 valence electrons. The Kier molecular flexibility index (Phi) is 48.1. The quantitative estimate of drug-likeness (QED) is 0.0281. The van der Waals surface area contributed by atoms with Crippen LogP contribution in [-0.2, 0) is 28.6 Å². The molecule has 8 heteroatoms. The zero-order chi connectivity index (χ0) is 49.2. The number of esters is 2. The Balaban J connectivity index is 4.15. The third-order valence-electron chi connectivity index (χ3n) is 13.0. The Hall–Kier alpha value is -2.45. The molecule has 0 aliphatic rings. The largest absolute Gasteiger partial charge is 0.477 e. The van der Waals surface area contributed by atoms with Gasteiger partial charge >= 0.3 is 17.9 Å². The highest BCUT2D eigenvalue weighted by Crippen LogP contribution is 2.17. The Bertz CT molecular complexity index is 1190. The molecule has 0 aliphatic heterocycles. The Morgan fingerprint density at radius 2 is 0.791 bits per heavy atom. The third-order valence-corrected chi connectivity index (χ3v) is 13.0. The van der Waals surface area contributed by atoms with E-state index in [0.717, 1.165) is 64.2 Å². The molecule has 0 aliphatic carbocycles. The number of carboxylic acids is 1. The summed E-state index contributed by atoms with van der Waals surface area (Å²) in [5, 5.41) is 9.67. The number of carbonyl (C=O) groups excluding carboxylic acids is 2. The molecule has 0 bridgehead atoms. The summed E-state index contributed by atoms with van der Waals surface area (Å²) in [4.78, 5) is 37.3. The van der Waals surface area contributed by atoms with Crippen LogP contribution < -0.4 is 0 Å². The molecule has 0 rings (SSSR count). The van der Waals surface area contributed by atoms with Gasteiger partial charge in [0, 0.05) is 19.3 Å². The topological polar surface area (TPSA) is 99.1 Å². The van der Waals surface area contributed by atoms with Gasteiger partial charge in [-0.2, -0.15) is 0 Å². The first-order valence-electron chi connectivity index (χ1n) is 28.5. The number of unbranched alkanes of at least 4 members (excludes halogenated alkanes) is 32. The number of rotatable bonds is 52. The second-order valence-corrected chi connectivity index (χ2v) is 20.6. The summed E-state index contributed by atoms with van der Waals surface area (Å²) in [5.41, 5.74) is 0. The van der Waals surface area contributed by atoms with Crippen LogP contribution in [0.15, 0.2) is 36.5 Å². The van der Waals surface area contributed by atoms with Crippen molar-refractivity contribution < 1.29 is 38.2 Å². The van der Waals surface area contributed by atoms with E-state index < -0.39 is 18.1 Å². The van der Waals surface area contributed by atoms with Gasteiger partial charge in [-0.05, 0) is 51.4 Å². The van der Waals surface area contributed by atoms with Gasteiger partial charge in [0.05, 0.1) is 34.4 Å². The van der Waals surface area contributed by atoms with Crippen LogP contribution >= 0.6 is 0 Å². The van der Waals surface area contributed by atoms with Gasteiger partial charge in [0.25, 0.3) is 0 Å². The number of quaternary nitrogens is 1. The number of carbonyl (C=O) groups is 3. The van der Waals surface area contributed by atoms with E-state index in [2.05, 4.69) is 50.3 Å². The molecule has 0 aromatic heterocycles. The maximum absolute atomic E-state index is 12.8. The van der Waals surface area contributed by atoms with Crippen molar-refractivity contribution in [1.29, 1.82) is 0 Å². The minimum atomic E-state index is -0.874. The first-order chi connectivity index (χ1) is 32.6. The van der Waals surface area contributed by atoms with Gasteiger partial charge < -0.3 is 23.8 Å². The van der Waals surface area contributed by atoms with Crippen LogP contribution in [0.4, 0.5) is 0 Å². The van der Waals surface area contributed by atoms with E-state index in [1.54, 1.807) is 0 Å². The molecule has 0 heterocycles. The van der Waals surface area contributed by atoms with E-state index in [1.165, 1.54) is 173 Å². The Morgan fingerprint density at radius 3 is 1.19 bits per heavy atom. The van der Waals surface area contributed by atoms with E-state index in [0.29, 0.717) is 19.3 Å². The van der Waals surface area contributed by atoms with E-state index in [-0.39, 0.29) is 36.2 Å². The number of carboxylic acid groups (broad SMARTS) is 1. The van der Waals surface area contributed by atoms with E-state index in [1.807, 2.05) is 21.1 Å². The van der Waals surface area contributed by atoms with Crippen molar-refractivity contribution in [2.75, 3.05) is 41.0 Å². The average molecular weight is 946 g/mol. The van der Waals surface area contributed by atoms with E-state index in [9.17, 15) is 19.5 Å². The van der Waals surface area contributed by atoms with Crippen molar-refractivity contribution in [1.82, 2.24) is 0 Å². The average Bonchev–Trinajstić information content (AvgIpc) is 3.29. The van der Waals surface area contributed by atoms with Crippen LogP contribution in [0, 0.1) is 0 Å². The number of likely N-dealkylation sites (N-methyl/N-ethyl adjacent to an activating group) is 1. The molecule has 0 aromatic carbocycles. The molecular formula is C59H110NO7+. The van der Waals surface area contributed by atoms with Crippen molar-refractivity contribution in [2.45, 2.75) is 283 Å². The highest BCUT2D eigenvalue weighted by molar-refractivity contribution is 5.72. The molecule has 0 saturated carbocycles. The maximum atomic E-state index is 12.8. The lowest BCUT2D eigenvalue weighted by atomic mass is 10.0. The second kappa shape index (κ2) is 50.0. The Labute approximate surface area is 414 Å². The van der Waals surface area contributed by atoms with Crippen molar-refractivity contribution in [2.24, 2.45) is 0 Å². The van der Waals surface area contributed by atoms with Crippen LogP contribution in [0.3, 0.4) is 0 Å². The number of aliphatic carboxylic acids is 1. The second-order valence-electron chi connectivity index (χ2n) is 20.6. The molecule has 0 aromatic rings. The molecule has 2 atom stereocenters. The van der Waals surface area contributed by atoms with Gasteiger partial charge in [-0.25, -0.2) is 4.79 Å². The van der Waals surface area contributed by atoms with Gasteiger partial charge in [-0.1, -0.05) is 237 Å². The van der Waals surface area contributed by atoms with Crippen molar-refractivity contribution in [3.05, 3.63) is 36.5 Å². The van der Waals surface area contributed by atoms with Crippen LogP contribution in [0.1, 0.15) is 271 Å². The minimum absolute atomic E-state index is 0.0526. The van der Waals surface area contributed by atoms with Gasteiger partial charge in [0.1, 0.15) is 6.61 Å². The summed E-state index contributed by atoms with van der Waals surface area (Å²) in [7, 11) is 5.54. The first kappa shape index (κ1) is 64.5. The molecular weight excluding hydrogens is 835 g/mol. The fourth-order valence-electron chi connectivity index (χ4n) is 8.63. The van der Waals surface area contributed by atoms with Crippen LogP contribution in [0.2, 0.25) is 0 Å². The number of hydrogen-bond donors (Lipinski definition) is 1. The SMILES string of the molecule is CCCCC/C=C\C/C=C\C/C=C\CCCCCCCCC(=O)OC(COCCC(C(=O)O)[N+](C)(C)C)COC(=O)CCCCCCCCCCCCCCCCCCCCCCCCCC. The number of hydrogen-bond acceptors (Lipinski definition) is 6. The van der Waals surface area contributed by atoms with Gasteiger partial charge in [0.2, 0.25) is 0 Å². The summed E-state index contributed by atoms with van der Waals surface area (Å²) in [5.74, 6) is -1.47. The number of allylic oxidation sites excluding steroid dienone is 6. The lowest BCUT2D eigenvalue weighted by molar-refractivity contribution is -0.887. The lowest BCUT2D eigenvalue weighted by Crippen LogP contribution is -2.50. The molecule has 2 unspecified atom stereocenters. The fourth-order valence-corrected chi connectivity index (χ4v) is 8.63. The third kappa shape index (κ3) is 48.4. The van der Waals surface area contributed by atoms with Gasteiger partial charge in [0.15, 0.2) is 12.1 Å². The number of nitrogens with zero attached hydrogens (tertiary/aromatic N) is 1. The standard InChI is InChI=1S/C59H109NO7/c1-6-8-10-12-14-16-18-20-22-24-26-27-28-29-30-32-33-35-37-39-41-43-45-47-49-57(61)66-54-55(53-65-52-51-56(59(63)64)60(3,4)5)67-58(62)50-48-46-44-42-40-38-36-34-31-25-23-21-19-17-15-13-11-9-7-2/h15,17,21,23,31,34,55-56H,6-14,16,18-20,22,24-30,32-33,35-54H2,1-5H3/p+1/b17-15-,23-21-,34-31-. The van der Waals surface area contributed by atoms with Crippen molar-refractivity contribution >= 4 is 17.9 Å². The highest BCUT2D eigenvalue weighted by atomic mass is 16.6. The minimum Gasteiger partial charge on any atom is -0.477 e. The van der Waals surface area contributed by atoms with Crippen molar-refractivity contribution in [3.8, 4) is 0 Å². The normalized spacial score (nSPS) is 13.0. The summed E-state index contributed by atoms with van der Waals surface area (Å²) in [6.45, 7) is 4.74. The molecule has 67 heavy (non-hydrogen) atoms. The number of ether oxygens (including phenoxy) is 3. The van der Waals surface area contributed by atoms with Gasteiger partial charge in [-0.3, -0.25) is 9.59 Å². The zero-order valence-electron chi connectivity index (χ0n) is 44.9. The van der Waals surface area contributed by atoms with Crippen molar-refractivity contribution in [3.63, 3.8) is 0 Å².